The summed E-state index contributed by atoms with van der Waals surface area (Å²) in [5.41, 5.74) is 3.91. The predicted octanol–water partition coefficient (Wildman–Crippen LogP) is 5.98. The molecule has 0 bridgehead atoms. The van der Waals surface area contributed by atoms with Gasteiger partial charge in [-0.3, -0.25) is 9.59 Å². The predicted molar refractivity (Wildman–Crippen MR) is 145 cm³/mol. The first-order valence-electron chi connectivity index (χ1n) is 11.9. The molecule has 4 rings (SSSR count). The lowest BCUT2D eigenvalue weighted by Crippen LogP contribution is -2.30. The van der Waals surface area contributed by atoms with Crippen LogP contribution in [0.5, 0.6) is 5.75 Å². The van der Waals surface area contributed by atoms with Gasteiger partial charge in [0.1, 0.15) is 12.4 Å². The zero-order chi connectivity index (χ0) is 25.2. The standard InChI is InChI=1S/C30H29N3O3/c1-2-33(27-13-7-4-8-14-27)30(35)24-16-18-25(19-17-24)32-29(34)21-31-26-12-9-15-28(20-26)36-22-23-10-5-3-6-11-23/h3-20,31H,2,21-22H2,1H3,(H,32,34). The second-order valence-corrected chi connectivity index (χ2v) is 8.17. The van der Waals surface area contributed by atoms with Gasteiger partial charge in [-0.05, 0) is 61.0 Å². The van der Waals surface area contributed by atoms with Crippen molar-refractivity contribution in [1.29, 1.82) is 0 Å². The Bertz CT molecular complexity index is 1280. The van der Waals surface area contributed by atoms with Crippen LogP contribution in [-0.4, -0.2) is 24.9 Å². The van der Waals surface area contributed by atoms with Crippen LogP contribution in [0, 0.1) is 0 Å². The first kappa shape index (κ1) is 24.5. The van der Waals surface area contributed by atoms with Crippen LogP contribution in [0.15, 0.2) is 109 Å². The van der Waals surface area contributed by atoms with Crippen LogP contribution in [0.4, 0.5) is 17.1 Å². The van der Waals surface area contributed by atoms with Gasteiger partial charge in [-0.15, -0.1) is 0 Å². The highest BCUT2D eigenvalue weighted by atomic mass is 16.5. The van der Waals surface area contributed by atoms with E-state index in [1.807, 2.05) is 91.9 Å². The lowest BCUT2D eigenvalue weighted by atomic mass is 10.1. The van der Waals surface area contributed by atoms with Gasteiger partial charge in [0, 0.05) is 35.2 Å². The van der Waals surface area contributed by atoms with Crippen LogP contribution in [0.1, 0.15) is 22.8 Å². The number of para-hydroxylation sites is 1. The third-order valence-corrected chi connectivity index (χ3v) is 5.58. The third kappa shape index (κ3) is 6.73. The summed E-state index contributed by atoms with van der Waals surface area (Å²) in [6, 6.07) is 34.0. The van der Waals surface area contributed by atoms with Crippen LogP contribution in [-0.2, 0) is 11.4 Å². The summed E-state index contributed by atoms with van der Waals surface area (Å²) in [5, 5.41) is 5.98. The maximum absolute atomic E-state index is 12.9. The maximum atomic E-state index is 12.9. The first-order valence-corrected chi connectivity index (χ1v) is 11.9. The molecular formula is C30H29N3O3. The first-order chi connectivity index (χ1) is 17.6. The van der Waals surface area contributed by atoms with Gasteiger partial charge in [-0.2, -0.15) is 0 Å². The van der Waals surface area contributed by atoms with Gasteiger partial charge < -0.3 is 20.3 Å². The Morgan fingerprint density at radius 3 is 2.17 bits per heavy atom. The zero-order valence-electron chi connectivity index (χ0n) is 20.2. The van der Waals surface area contributed by atoms with Crippen LogP contribution >= 0.6 is 0 Å². The van der Waals surface area contributed by atoms with E-state index in [0.717, 1.165) is 22.7 Å². The second-order valence-electron chi connectivity index (χ2n) is 8.17. The fourth-order valence-corrected chi connectivity index (χ4v) is 3.73. The Balaban J connectivity index is 1.28. The van der Waals surface area contributed by atoms with Crippen LogP contribution < -0.4 is 20.3 Å². The molecule has 0 aromatic heterocycles. The van der Waals surface area contributed by atoms with Crippen molar-refractivity contribution in [3.8, 4) is 5.75 Å². The SMILES string of the molecule is CCN(C(=O)c1ccc(NC(=O)CNc2cccc(OCc3ccccc3)c2)cc1)c1ccccc1. The van der Waals surface area contributed by atoms with Crippen molar-refractivity contribution in [2.45, 2.75) is 13.5 Å². The number of nitrogens with one attached hydrogen (secondary N) is 2. The minimum atomic E-state index is -0.191. The van der Waals surface area contributed by atoms with Crippen molar-refractivity contribution in [2.24, 2.45) is 0 Å². The average Bonchev–Trinajstić information content (AvgIpc) is 2.93. The molecule has 182 valence electrons. The fourth-order valence-electron chi connectivity index (χ4n) is 3.73. The molecule has 0 aliphatic carbocycles. The molecule has 4 aromatic rings. The summed E-state index contributed by atoms with van der Waals surface area (Å²) in [5.74, 6) is 0.447. The Hall–Kier alpha value is -4.58. The normalized spacial score (nSPS) is 10.4. The van der Waals surface area contributed by atoms with Gasteiger partial charge in [-0.25, -0.2) is 0 Å². The summed E-state index contributed by atoms with van der Waals surface area (Å²) >= 11 is 0. The number of amides is 2. The van der Waals surface area contributed by atoms with E-state index in [1.165, 1.54) is 0 Å². The van der Waals surface area contributed by atoms with E-state index in [0.29, 0.717) is 24.4 Å². The Kier molecular flexibility index (Phi) is 8.33. The number of anilines is 3. The number of rotatable bonds is 10. The van der Waals surface area contributed by atoms with E-state index in [-0.39, 0.29) is 18.4 Å². The quantitative estimate of drug-likeness (QED) is 0.293. The molecule has 0 unspecified atom stereocenters. The summed E-state index contributed by atoms with van der Waals surface area (Å²) in [6.07, 6.45) is 0. The maximum Gasteiger partial charge on any atom is 0.258 e. The Morgan fingerprint density at radius 1 is 0.778 bits per heavy atom. The number of carbonyl (C=O) groups is 2. The van der Waals surface area contributed by atoms with Crippen molar-refractivity contribution < 1.29 is 14.3 Å². The van der Waals surface area contributed by atoms with Gasteiger partial charge in [0.05, 0.1) is 6.54 Å². The van der Waals surface area contributed by atoms with Crippen molar-refractivity contribution in [1.82, 2.24) is 0 Å². The number of nitrogens with zero attached hydrogens (tertiary/aromatic N) is 1. The van der Waals surface area contributed by atoms with E-state index >= 15 is 0 Å². The number of carbonyl (C=O) groups excluding carboxylic acids is 2. The fraction of sp³-hybridized carbons (Fsp3) is 0.133. The molecule has 0 atom stereocenters. The highest BCUT2D eigenvalue weighted by molar-refractivity contribution is 6.06. The van der Waals surface area contributed by atoms with Gasteiger partial charge in [0.25, 0.3) is 5.91 Å². The van der Waals surface area contributed by atoms with Crippen molar-refractivity contribution in [3.63, 3.8) is 0 Å². The average molecular weight is 480 g/mol. The van der Waals surface area contributed by atoms with Crippen molar-refractivity contribution >= 4 is 28.9 Å². The van der Waals surface area contributed by atoms with E-state index in [1.54, 1.807) is 29.2 Å². The largest absolute Gasteiger partial charge is 0.489 e. The molecule has 0 aliphatic heterocycles. The second kappa shape index (κ2) is 12.2. The molecule has 4 aromatic carbocycles. The number of hydrogen-bond donors (Lipinski definition) is 2. The monoisotopic (exact) mass is 479 g/mol. The van der Waals surface area contributed by atoms with Crippen molar-refractivity contribution in [3.05, 3.63) is 120 Å². The summed E-state index contributed by atoms with van der Waals surface area (Å²) in [6.45, 7) is 3.08. The van der Waals surface area contributed by atoms with E-state index in [2.05, 4.69) is 10.6 Å². The molecule has 6 heteroatoms. The zero-order valence-corrected chi connectivity index (χ0v) is 20.2. The topological polar surface area (TPSA) is 70.7 Å². The van der Waals surface area contributed by atoms with Gasteiger partial charge >= 0.3 is 0 Å². The van der Waals surface area contributed by atoms with E-state index < -0.39 is 0 Å². The van der Waals surface area contributed by atoms with E-state index in [4.69, 9.17) is 4.74 Å². The molecule has 2 amide bonds. The Morgan fingerprint density at radius 2 is 1.47 bits per heavy atom. The molecule has 0 radical (unpaired) electrons. The third-order valence-electron chi connectivity index (χ3n) is 5.58. The highest BCUT2D eigenvalue weighted by Gasteiger charge is 2.16. The van der Waals surface area contributed by atoms with Gasteiger partial charge in [0.15, 0.2) is 0 Å². The van der Waals surface area contributed by atoms with Gasteiger partial charge in [0.2, 0.25) is 5.91 Å². The van der Waals surface area contributed by atoms with Crippen LogP contribution in [0.2, 0.25) is 0 Å². The highest BCUT2D eigenvalue weighted by Crippen LogP contribution is 2.20. The molecule has 2 N–H and O–H groups in total. The molecule has 0 fully saturated rings. The molecule has 0 aliphatic rings. The number of ether oxygens (including phenoxy) is 1. The summed E-state index contributed by atoms with van der Waals surface area (Å²) < 4.78 is 5.85. The Labute approximate surface area is 211 Å². The molecule has 0 saturated heterocycles. The minimum Gasteiger partial charge on any atom is -0.489 e. The number of benzene rings is 4. The lowest BCUT2D eigenvalue weighted by Gasteiger charge is -2.21. The van der Waals surface area contributed by atoms with Gasteiger partial charge in [-0.1, -0.05) is 54.6 Å². The molecule has 0 saturated carbocycles. The molecule has 36 heavy (non-hydrogen) atoms. The van der Waals surface area contributed by atoms with Crippen LogP contribution in [0.25, 0.3) is 0 Å². The van der Waals surface area contributed by atoms with Crippen molar-refractivity contribution in [2.75, 3.05) is 28.6 Å². The summed E-state index contributed by atoms with van der Waals surface area (Å²) in [4.78, 5) is 27.1. The summed E-state index contributed by atoms with van der Waals surface area (Å²) in [7, 11) is 0. The molecule has 0 spiro atoms. The molecule has 6 nitrogen and oxygen atoms in total. The minimum absolute atomic E-state index is 0.0855. The molecular weight excluding hydrogens is 450 g/mol. The van der Waals surface area contributed by atoms with Crippen LogP contribution in [0.3, 0.4) is 0 Å². The molecule has 0 heterocycles. The lowest BCUT2D eigenvalue weighted by molar-refractivity contribution is -0.114. The number of hydrogen-bond acceptors (Lipinski definition) is 4. The smallest absolute Gasteiger partial charge is 0.258 e. The van der Waals surface area contributed by atoms with E-state index in [9.17, 15) is 9.59 Å².